The number of phenolic OH excluding ortho intramolecular Hbond substituents is 1. The van der Waals surface area contributed by atoms with Gasteiger partial charge >= 0.3 is 0 Å². The van der Waals surface area contributed by atoms with Crippen LogP contribution in [0.25, 0.3) is 0 Å². The fourth-order valence-corrected chi connectivity index (χ4v) is 1.29. The molecule has 3 heteroatoms. The van der Waals surface area contributed by atoms with Crippen LogP contribution in [-0.4, -0.2) is 10.9 Å². The molecular weight excluding hydrogens is 168 g/mol. The van der Waals surface area contributed by atoms with E-state index in [1.807, 2.05) is 0 Å². The molecule has 3 nitrogen and oxygen atoms in total. The van der Waals surface area contributed by atoms with E-state index in [1.165, 1.54) is 12.1 Å². The average molecular weight is 176 g/mol. The van der Waals surface area contributed by atoms with Gasteiger partial charge in [-0.15, -0.1) is 0 Å². The number of phenols is 1. The fraction of sp³-hybridized carbons (Fsp3) is 0.100. The van der Waals surface area contributed by atoms with E-state index in [0.29, 0.717) is 17.1 Å². The predicted octanol–water partition coefficient (Wildman–Crippen LogP) is 1.87. The number of aromatic hydroxyl groups is 1. The highest BCUT2D eigenvalue weighted by Gasteiger charge is 2.20. The maximum Gasteiger partial charge on any atom is 0.174 e. The van der Waals surface area contributed by atoms with Crippen molar-refractivity contribution in [3.8, 4) is 11.5 Å². The van der Waals surface area contributed by atoms with Gasteiger partial charge in [0.2, 0.25) is 0 Å². The summed E-state index contributed by atoms with van der Waals surface area (Å²) in [6.45, 7) is 3.57. The van der Waals surface area contributed by atoms with Gasteiger partial charge in [-0.3, -0.25) is 4.79 Å². The number of allylic oxidation sites excluding steroid dienone is 1. The fourth-order valence-electron chi connectivity index (χ4n) is 1.29. The Balaban J connectivity index is 2.55. The van der Waals surface area contributed by atoms with Crippen molar-refractivity contribution in [2.24, 2.45) is 0 Å². The molecular formula is C10H8O3. The van der Waals surface area contributed by atoms with Crippen LogP contribution in [0.1, 0.15) is 16.8 Å². The molecule has 0 aliphatic carbocycles. The summed E-state index contributed by atoms with van der Waals surface area (Å²) in [4.78, 5) is 11.4. The molecule has 1 aromatic carbocycles. The van der Waals surface area contributed by atoms with Crippen LogP contribution < -0.4 is 4.74 Å². The quantitative estimate of drug-likeness (QED) is 0.656. The van der Waals surface area contributed by atoms with Crippen LogP contribution in [0, 0.1) is 0 Å². The molecule has 0 unspecified atom stereocenters. The topological polar surface area (TPSA) is 46.5 Å². The summed E-state index contributed by atoms with van der Waals surface area (Å²) >= 11 is 0. The van der Waals surface area contributed by atoms with Gasteiger partial charge in [0.1, 0.15) is 17.3 Å². The predicted molar refractivity (Wildman–Crippen MR) is 46.8 cm³/mol. The highest BCUT2D eigenvalue weighted by Crippen LogP contribution is 2.31. The molecule has 66 valence electrons. The summed E-state index contributed by atoms with van der Waals surface area (Å²) in [6.07, 6.45) is 0.220. The van der Waals surface area contributed by atoms with E-state index in [9.17, 15) is 4.79 Å². The minimum atomic E-state index is -0.0220. The van der Waals surface area contributed by atoms with Crippen molar-refractivity contribution in [2.75, 3.05) is 0 Å². The maximum atomic E-state index is 11.4. The van der Waals surface area contributed by atoms with Crippen molar-refractivity contribution in [2.45, 2.75) is 6.42 Å². The lowest BCUT2D eigenvalue weighted by Gasteiger charge is -2.17. The van der Waals surface area contributed by atoms with Gasteiger partial charge in [-0.05, 0) is 12.1 Å². The van der Waals surface area contributed by atoms with Crippen molar-refractivity contribution >= 4 is 5.78 Å². The molecule has 0 bridgehead atoms. The van der Waals surface area contributed by atoms with Crippen LogP contribution in [0.3, 0.4) is 0 Å². The third-order valence-corrected chi connectivity index (χ3v) is 1.88. The van der Waals surface area contributed by atoms with E-state index in [1.54, 1.807) is 6.07 Å². The van der Waals surface area contributed by atoms with Gasteiger partial charge in [-0.1, -0.05) is 6.58 Å². The molecule has 13 heavy (non-hydrogen) atoms. The number of carbonyl (C=O) groups is 1. The lowest BCUT2D eigenvalue weighted by molar-refractivity contribution is 0.0965. The van der Waals surface area contributed by atoms with Crippen LogP contribution >= 0.6 is 0 Å². The molecule has 0 saturated carbocycles. The number of benzene rings is 1. The molecule has 1 heterocycles. The zero-order valence-corrected chi connectivity index (χ0v) is 6.91. The summed E-state index contributed by atoms with van der Waals surface area (Å²) in [7, 11) is 0. The summed E-state index contributed by atoms with van der Waals surface area (Å²) in [5.41, 5.74) is 0.505. The van der Waals surface area contributed by atoms with E-state index < -0.39 is 0 Å². The Labute approximate surface area is 75.3 Å². The average Bonchev–Trinajstić information content (AvgIpc) is 2.02. The molecule has 1 aliphatic rings. The number of hydrogen-bond acceptors (Lipinski definition) is 3. The first kappa shape index (κ1) is 7.86. The smallest absolute Gasteiger partial charge is 0.174 e. The molecule has 0 atom stereocenters. The van der Waals surface area contributed by atoms with Crippen molar-refractivity contribution in [1.29, 1.82) is 0 Å². The normalized spacial score (nSPS) is 15.1. The standard InChI is InChI=1S/C10H8O3/c1-6-4-9(12)8-3-2-7(11)5-10(8)13-6/h2-3,5,11H,1,4H2. The van der Waals surface area contributed by atoms with E-state index in [2.05, 4.69) is 6.58 Å². The van der Waals surface area contributed by atoms with Crippen molar-refractivity contribution in [3.05, 3.63) is 36.1 Å². The molecule has 1 aliphatic heterocycles. The van der Waals surface area contributed by atoms with Gasteiger partial charge in [0.25, 0.3) is 0 Å². The number of hydrogen-bond donors (Lipinski definition) is 1. The Morgan fingerprint density at radius 3 is 3.00 bits per heavy atom. The third kappa shape index (κ3) is 1.28. The van der Waals surface area contributed by atoms with Gasteiger partial charge in [0, 0.05) is 6.07 Å². The third-order valence-electron chi connectivity index (χ3n) is 1.88. The van der Waals surface area contributed by atoms with E-state index in [4.69, 9.17) is 9.84 Å². The van der Waals surface area contributed by atoms with Gasteiger partial charge < -0.3 is 9.84 Å². The lowest BCUT2D eigenvalue weighted by Crippen LogP contribution is -2.12. The molecule has 0 saturated heterocycles. The summed E-state index contributed by atoms with van der Waals surface area (Å²) in [6, 6.07) is 4.44. The Bertz CT molecular complexity index is 393. The first-order valence-electron chi connectivity index (χ1n) is 3.88. The zero-order chi connectivity index (χ0) is 9.42. The number of ether oxygens (including phenoxy) is 1. The molecule has 0 amide bonds. The number of carbonyl (C=O) groups excluding carboxylic acids is 1. The van der Waals surface area contributed by atoms with Crippen LogP contribution in [0.4, 0.5) is 0 Å². The minimum Gasteiger partial charge on any atom is -0.508 e. The Morgan fingerprint density at radius 2 is 2.23 bits per heavy atom. The first-order valence-corrected chi connectivity index (χ1v) is 3.88. The van der Waals surface area contributed by atoms with Crippen molar-refractivity contribution < 1.29 is 14.6 Å². The molecule has 0 aromatic heterocycles. The van der Waals surface area contributed by atoms with Crippen molar-refractivity contribution in [3.63, 3.8) is 0 Å². The maximum absolute atomic E-state index is 11.4. The SMILES string of the molecule is C=C1CC(=O)c2ccc(O)cc2O1. The Kier molecular flexibility index (Phi) is 1.59. The highest BCUT2D eigenvalue weighted by atomic mass is 16.5. The van der Waals surface area contributed by atoms with Crippen LogP contribution in [-0.2, 0) is 0 Å². The summed E-state index contributed by atoms with van der Waals surface area (Å²) in [5, 5.41) is 9.14. The van der Waals surface area contributed by atoms with Gasteiger partial charge in [-0.25, -0.2) is 0 Å². The zero-order valence-electron chi connectivity index (χ0n) is 6.91. The lowest BCUT2D eigenvalue weighted by atomic mass is 10.0. The van der Waals surface area contributed by atoms with E-state index in [0.717, 1.165) is 0 Å². The molecule has 1 N–H and O–H groups in total. The molecule has 2 rings (SSSR count). The van der Waals surface area contributed by atoms with Crippen LogP contribution in [0.2, 0.25) is 0 Å². The van der Waals surface area contributed by atoms with Gasteiger partial charge in [-0.2, -0.15) is 0 Å². The van der Waals surface area contributed by atoms with Gasteiger partial charge in [0.15, 0.2) is 5.78 Å². The number of ketones is 1. The number of Topliss-reactive ketones (excluding diaryl/α,β-unsaturated/α-hetero) is 1. The minimum absolute atomic E-state index is 0.0220. The van der Waals surface area contributed by atoms with E-state index >= 15 is 0 Å². The van der Waals surface area contributed by atoms with E-state index in [-0.39, 0.29) is 18.0 Å². The largest absolute Gasteiger partial charge is 0.508 e. The second-order valence-corrected chi connectivity index (χ2v) is 2.92. The second-order valence-electron chi connectivity index (χ2n) is 2.92. The Hall–Kier alpha value is -1.77. The summed E-state index contributed by atoms with van der Waals surface area (Å²) < 4.78 is 5.21. The molecule has 0 spiro atoms. The number of rotatable bonds is 0. The Morgan fingerprint density at radius 1 is 1.46 bits per heavy atom. The van der Waals surface area contributed by atoms with Crippen LogP contribution in [0.15, 0.2) is 30.5 Å². The number of fused-ring (bicyclic) bond motifs is 1. The van der Waals surface area contributed by atoms with Crippen molar-refractivity contribution in [1.82, 2.24) is 0 Å². The second kappa shape index (κ2) is 2.62. The molecule has 0 fully saturated rings. The van der Waals surface area contributed by atoms with Gasteiger partial charge in [0.05, 0.1) is 12.0 Å². The highest BCUT2D eigenvalue weighted by molar-refractivity contribution is 6.01. The molecule has 0 radical (unpaired) electrons. The molecule has 1 aromatic rings. The first-order chi connectivity index (χ1) is 6.16. The monoisotopic (exact) mass is 176 g/mol. The van der Waals surface area contributed by atoms with Crippen LogP contribution in [0.5, 0.6) is 11.5 Å². The summed E-state index contributed by atoms with van der Waals surface area (Å²) in [5.74, 6) is 0.872.